The molecule has 1 heterocycles. The minimum absolute atomic E-state index is 0.0264. The van der Waals surface area contributed by atoms with Gasteiger partial charge in [-0.1, -0.05) is 6.92 Å². The molecule has 6 heteroatoms. The molecule has 3 N–H and O–H groups in total. The van der Waals surface area contributed by atoms with Crippen LogP contribution in [-0.2, 0) is 11.8 Å². The molecule has 0 radical (unpaired) electrons. The Morgan fingerprint density at radius 2 is 2.30 bits per heavy atom. The van der Waals surface area contributed by atoms with Gasteiger partial charge in [-0.25, -0.2) is 4.39 Å². The summed E-state index contributed by atoms with van der Waals surface area (Å²) in [6.45, 7) is 1.94. The van der Waals surface area contributed by atoms with E-state index >= 15 is 0 Å². The molecule has 106 valence electrons. The van der Waals surface area contributed by atoms with Crippen LogP contribution in [0.4, 0.5) is 15.8 Å². The summed E-state index contributed by atoms with van der Waals surface area (Å²) in [5, 5.41) is 6.70. The quantitative estimate of drug-likeness (QED) is 0.841. The Balaban J connectivity index is 2.00. The average molecular weight is 276 g/mol. The zero-order valence-electron chi connectivity index (χ0n) is 11.4. The highest BCUT2D eigenvalue weighted by Crippen LogP contribution is 2.22. The summed E-state index contributed by atoms with van der Waals surface area (Å²) >= 11 is 0. The largest absolute Gasteiger partial charge is 0.397 e. The molecule has 0 bridgehead atoms. The summed E-state index contributed by atoms with van der Waals surface area (Å²) in [5.41, 5.74) is 7.31. The maximum absolute atomic E-state index is 13.1. The number of aryl methyl sites for hydroxylation is 1. The van der Waals surface area contributed by atoms with Gasteiger partial charge in [0.1, 0.15) is 5.82 Å². The van der Waals surface area contributed by atoms with Gasteiger partial charge in [-0.2, -0.15) is 5.10 Å². The number of benzene rings is 1. The van der Waals surface area contributed by atoms with Crippen LogP contribution in [0.5, 0.6) is 0 Å². The number of anilines is 2. The van der Waals surface area contributed by atoms with Gasteiger partial charge in [0.05, 0.1) is 17.6 Å². The number of carbonyl (C=O) groups excluding carboxylic acids is 1. The minimum atomic E-state index is -0.435. The van der Waals surface area contributed by atoms with Crippen LogP contribution in [0.25, 0.3) is 0 Å². The molecule has 1 atom stereocenters. The number of halogens is 1. The van der Waals surface area contributed by atoms with Crippen LogP contribution in [0.15, 0.2) is 30.6 Å². The topological polar surface area (TPSA) is 72.9 Å². The van der Waals surface area contributed by atoms with Gasteiger partial charge in [-0.05, 0) is 29.7 Å². The molecule has 1 aromatic carbocycles. The first-order valence-electron chi connectivity index (χ1n) is 6.29. The number of rotatable bonds is 4. The Hall–Kier alpha value is -2.37. The smallest absolute Gasteiger partial charge is 0.225 e. The van der Waals surface area contributed by atoms with Crippen LogP contribution in [0.3, 0.4) is 0 Å². The second-order valence-corrected chi connectivity index (χ2v) is 4.83. The van der Waals surface area contributed by atoms with Crippen molar-refractivity contribution in [2.24, 2.45) is 7.05 Å². The van der Waals surface area contributed by atoms with E-state index in [1.165, 1.54) is 18.2 Å². The second-order valence-electron chi connectivity index (χ2n) is 4.83. The van der Waals surface area contributed by atoms with Crippen LogP contribution < -0.4 is 11.1 Å². The number of hydrogen-bond acceptors (Lipinski definition) is 3. The van der Waals surface area contributed by atoms with E-state index in [0.29, 0.717) is 11.4 Å². The van der Waals surface area contributed by atoms with Crippen molar-refractivity contribution >= 4 is 17.3 Å². The first-order valence-corrected chi connectivity index (χ1v) is 6.29. The van der Waals surface area contributed by atoms with Crippen molar-refractivity contribution in [2.75, 3.05) is 11.1 Å². The monoisotopic (exact) mass is 276 g/mol. The fourth-order valence-electron chi connectivity index (χ4n) is 1.93. The van der Waals surface area contributed by atoms with E-state index in [0.717, 1.165) is 5.56 Å². The number of amides is 1. The number of nitrogens with one attached hydrogen (secondary N) is 1. The molecule has 0 spiro atoms. The van der Waals surface area contributed by atoms with Gasteiger partial charge in [0.2, 0.25) is 5.91 Å². The fraction of sp³-hybridized carbons (Fsp3) is 0.286. The zero-order valence-corrected chi connectivity index (χ0v) is 11.4. The molecule has 5 nitrogen and oxygen atoms in total. The average Bonchev–Trinajstić information content (AvgIpc) is 2.80. The molecular weight excluding hydrogens is 259 g/mol. The fourth-order valence-corrected chi connectivity index (χ4v) is 1.93. The van der Waals surface area contributed by atoms with Crippen LogP contribution in [0.1, 0.15) is 24.8 Å². The van der Waals surface area contributed by atoms with E-state index in [2.05, 4.69) is 10.4 Å². The van der Waals surface area contributed by atoms with E-state index in [1.54, 1.807) is 10.9 Å². The molecule has 0 aliphatic heterocycles. The molecule has 2 aromatic rings. The number of nitrogens with two attached hydrogens (primary N) is 1. The van der Waals surface area contributed by atoms with Gasteiger partial charge >= 0.3 is 0 Å². The van der Waals surface area contributed by atoms with E-state index in [-0.39, 0.29) is 18.2 Å². The highest BCUT2D eigenvalue weighted by molar-refractivity contribution is 5.94. The molecule has 1 unspecified atom stereocenters. The van der Waals surface area contributed by atoms with Crippen LogP contribution >= 0.6 is 0 Å². The lowest BCUT2D eigenvalue weighted by molar-refractivity contribution is -0.116. The maximum Gasteiger partial charge on any atom is 0.225 e. The second kappa shape index (κ2) is 5.73. The Morgan fingerprint density at radius 1 is 1.55 bits per heavy atom. The first kappa shape index (κ1) is 14.0. The van der Waals surface area contributed by atoms with Crippen LogP contribution in [0, 0.1) is 5.82 Å². The lowest BCUT2D eigenvalue weighted by atomic mass is 10.0. The van der Waals surface area contributed by atoms with Crippen molar-refractivity contribution in [1.82, 2.24) is 9.78 Å². The minimum Gasteiger partial charge on any atom is -0.397 e. The molecule has 0 aliphatic carbocycles. The molecule has 0 fully saturated rings. The van der Waals surface area contributed by atoms with Gasteiger partial charge in [0.25, 0.3) is 0 Å². The van der Waals surface area contributed by atoms with Crippen molar-refractivity contribution < 1.29 is 9.18 Å². The third-order valence-corrected chi connectivity index (χ3v) is 3.07. The lowest BCUT2D eigenvalue weighted by Crippen LogP contribution is -2.15. The highest BCUT2D eigenvalue weighted by Gasteiger charge is 2.14. The molecule has 0 saturated heterocycles. The number of aromatic nitrogens is 2. The predicted octanol–water partition coefficient (Wildman–Crippen LogP) is 2.27. The van der Waals surface area contributed by atoms with Gasteiger partial charge < -0.3 is 11.1 Å². The van der Waals surface area contributed by atoms with Gasteiger partial charge in [0.15, 0.2) is 0 Å². The zero-order chi connectivity index (χ0) is 14.7. The first-order chi connectivity index (χ1) is 9.45. The number of carbonyl (C=O) groups is 1. The standard InChI is InChI=1S/C14H17FN4O/c1-9(10-7-17-19(2)8-10)5-14(20)18-13-6-11(15)3-4-12(13)16/h3-4,6-9H,5,16H2,1-2H3,(H,18,20). The van der Waals surface area contributed by atoms with Gasteiger partial charge in [-0.15, -0.1) is 0 Å². The summed E-state index contributed by atoms with van der Waals surface area (Å²) in [7, 11) is 1.82. The van der Waals surface area contributed by atoms with Crippen LogP contribution in [-0.4, -0.2) is 15.7 Å². The Labute approximate surface area is 116 Å². The summed E-state index contributed by atoms with van der Waals surface area (Å²) in [6, 6.07) is 3.89. The van der Waals surface area contributed by atoms with Crippen LogP contribution in [0.2, 0.25) is 0 Å². The Morgan fingerprint density at radius 3 is 2.95 bits per heavy atom. The number of nitrogens with zero attached hydrogens (tertiary/aromatic N) is 2. The summed E-state index contributed by atoms with van der Waals surface area (Å²) < 4.78 is 14.8. The van der Waals surface area contributed by atoms with E-state index in [4.69, 9.17) is 5.73 Å². The summed E-state index contributed by atoms with van der Waals surface area (Å²) in [6.07, 6.45) is 3.88. The van der Waals surface area contributed by atoms with Crippen molar-refractivity contribution in [2.45, 2.75) is 19.3 Å². The molecule has 20 heavy (non-hydrogen) atoms. The molecule has 1 amide bonds. The van der Waals surface area contributed by atoms with Crippen molar-refractivity contribution in [3.63, 3.8) is 0 Å². The van der Waals surface area contributed by atoms with E-state index in [9.17, 15) is 9.18 Å². The third kappa shape index (κ3) is 3.34. The highest BCUT2D eigenvalue weighted by atomic mass is 19.1. The molecule has 0 aliphatic rings. The lowest BCUT2D eigenvalue weighted by Gasteiger charge is -2.11. The normalized spacial score (nSPS) is 12.2. The van der Waals surface area contributed by atoms with Crippen molar-refractivity contribution in [1.29, 1.82) is 0 Å². The Kier molecular flexibility index (Phi) is 4.02. The summed E-state index contributed by atoms with van der Waals surface area (Å²) in [5.74, 6) is -0.619. The maximum atomic E-state index is 13.1. The van der Waals surface area contributed by atoms with E-state index in [1.807, 2.05) is 20.2 Å². The van der Waals surface area contributed by atoms with Gasteiger partial charge in [-0.3, -0.25) is 9.48 Å². The molecule has 0 saturated carbocycles. The van der Waals surface area contributed by atoms with Crippen molar-refractivity contribution in [3.8, 4) is 0 Å². The van der Waals surface area contributed by atoms with E-state index < -0.39 is 5.82 Å². The SMILES string of the molecule is CC(CC(=O)Nc1cc(F)ccc1N)c1cnn(C)c1. The number of nitrogen functional groups attached to an aromatic ring is 1. The van der Waals surface area contributed by atoms with Gasteiger partial charge in [0, 0.05) is 19.7 Å². The third-order valence-electron chi connectivity index (χ3n) is 3.07. The van der Waals surface area contributed by atoms with Crippen molar-refractivity contribution in [3.05, 3.63) is 42.0 Å². The molecule has 1 aromatic heterocycles. The molecular formula is C14H17FN4O. The Bertz CT molecular complexity index is 623. The number of hydrogen-bond donors (Lipinski definition) is 2. The predicted molar refractivity (Wildman–Crippen MR) is 75.7 cm³/mol. The molecule has 2 rings (SSSR count). The summed E-state index contributed by atoms with van der Waals surface area (Å²) in [4.78, 5) is 12.0.